The van der Waals surface area contributed by atoms with Crippen LogP contribution in [-0.2, 0) is 0 Å². The van der Waals surface area contributed by atoms with Crippen LogP contribution in [0.3, 0.4) is 0 Å². The number of nitrogens with one attached hydrogen (secondary N) is 1. The van der Waals surface area contributed by atoms with Crippen LogP contribution in [0.15, 0.2) is 17.5 Å². The third kappa shape index (κ3) is 1.75. The van der Waals surface area contributed by atoms with Gasteiger partial charge in [0.25, 0.3) is 0 Å². The van der Waals surface area contributed by atoms with E-state index in [4.69, 9.17) is 0 Å². The zero-order valence-corrected chi connectivity index (χ0v) is 7.58. The van der Waals surface area contributed by atoms with Crippen molar-refractivity contribution in [2.75, 3.05) is 12.8 Å². The first kappa shape index (κ1) is 8.11. The second-order valence-corrected chi connectivity index (χ2v) is 3.38. The van der Waals surface area contributed by atoms with Gasteiger partial charge in [-0.1, -0.05) is 6.07 Å². The van der Waals surface area contributed by atoms with E-state index >= 15 is 0 Å². The van der Waals surface area contributed by atoms with Crippen LogP contribution < -0.4 is 5.32 Å². The van der Waals surface area contributed by atoms with Gasteiger partial charge in [-0.15, -0.1) is 11.3 Å². The summed E-state index contributed by atoms with van der Waals surface area (Å²) in [6.45, 7) is 0. The monoisotopic (exact) mass is 173 g/mol. The minimum atomic E-state index is 0.420. The summed E-state index contributed by atoms with van der Waals surface area (Å²) in [5.41, 5.74) is 0. The van der Waals surface area contributed by atoms with Crippen molar-refractivity contribution >= 4 is 24.0 Å². The fourth-order valence-electron chi connectivity index (χ4n) is 0.813. The molecule has 1 nitrogen and oxygen atoms in total. The Hall–Kier alpha value is 0.01000. The molecule has 0 radical (unpaired) electrons. The topological polar surface area (TPSA) is 12.0 Å². The Morgan fingerprint density at radius 1 is 1.80 bits per heavy atom. The van der Waals surface area contributed by atoms with Crippen molar-refractivity contribution in [3.8, 4) is 0 Å². The Morgan fingerprint density at radius 2 is 2.60 bits per heavy atom. The van der Waals surface area contributed by atoms with E-state index < -0.39 is 0 Å². The van der Waals surface area contributed by atoms with Gasteiger partial charge in [-0.25, -0.2) is 0 Å². The minimum Gasteiger partial charge on any atom is -0.312 e. The molecule has 1 rings (SSSR count). The SMILES string of the molecule is CNC(CS)c1cccs1. The highest BCUT2D eigenvalue weighted by Gasteiger charge is 2.05. The number of thiol groups is 1. The van der Waals surface area contributed by atoms with E-state index in [0.29, 0.717) is 6.04 Å². The predicted octanol–water partition coefficient (Wildman–Crippen LogP) is 1.94. The molecule has 1 N–H and O–H groups in total. The zero-order chi connectivity index (χ0) is 7.40. The molecule has 1 aromatic rings. The maximum atomic E-state index is 4.23. The fourth-order valence-corrected chi connectivity index (χ4v) is 2.15. The molecular formula is C7H11NS2. The standard InChI is InChI=1S/C7H11NS2/c1-8-6(5-9)7-3-2-4-10-7/h2-4,6,8-9H,5H2,1H3. The Labute approximate surface area is 70.9 Å². The number of hydrogen-bond acceptors (Lipinski definition) is 3. The molecule has 1 heterocycles. The molecule has 1 atom stereocenters. The Balaban J connectivity index is 2.64. The fraction of sp³-hybridized carbons (Fsp3) is 0.429. The Kier molecular flexibility index (Phi) is 3.25. The summed E-state index contributed by atoms with van der Waals surface area (Å²) in [6, 6.07) is 4.61. The van der Waals surface area contributed by atoms with E-state index in [1.165, 1.54) is 4.88 Å². The van der Waals surface area contributed by atoms with Gasteiger partial charge in [-0.3, -0.25) is 0 Å². The molecule has 0 bridgehead atoms. The maximum Gasteiger partial charge on any atom is 0.0501 e. The van der Waals surface area contributed by atoms with Gasteiger partial charge in [0.1, 0.15) is 0 Å². The number of hydrogen-bond donors (Lipinski definition) is 2. The first-order chi connectivity index (χ1) is 4.88. The summed E-state index contributed by atoms with van der Waals surface area (Å²) < 4.78 is 0. The lowest BCUT2D eigenvalue weighted by atomic mass is 10.3. The Bertz CT molecular complexity index is 168. The van der Waals surface area contributed by atoms with E-state index in [9.17, 15) is 0 Å². The van der Waals surface area contributed by atoms with E-state index in [2.05, 4.69) is 35.5 Å². The van der Waals surface area contributed by atoms with Gasteiger partial charge in [-0.2, -0.15) is 12.6 Å². The van der Waals surface area contributed by atoms with Crippen LogP contribution >= 0.6 is 24.0 Å². The van der Waals surface area contributed by atoms with Gasteiger partial charge in [0.2, 0.25) is 0 Å². The van der Waals surface area contributed by atoms with E-state index in [1.54, 1.807) is 11.3 Å². The molecule has 0 fully saturated rings. The molecule has 0 aliphatic heterocycles. The highest BCUT2D eigenvalue weighted by atomic mass is 32.1. The molecule has 0 saturated carbocycles. The molecule has 0 saturated heterocycles. The van der Waals surface area contributed by atoms with Crippen LogP contribution in [0.5, 0.6) is 0 Å². The third-order valence-corrected chi connectivity index (χ3v) is 2.77. The molecule has 0 aromatic carbocycles. The van der Waals surface area contributed by atoms with Crippen molar-refractivity contribution in [1.82, 2.24) is 5.32 Å². The highest BCUT2D eigenvalue weighted by molar-refractivity contribution is 7.80. The van der Waals surface area contributed by atoms with E-state index in [1.807, 2.05) is 7.05 Å². The van der Waals surface area contributed by atoms with Crippen molar-refractivity contribution in [2.45, 2.75) is 6.04 Å². The van der Waals surface area contributed by atoms with Crippen LogP contribution in [-0.4, -0.2) is 12.8 Å². The van der Waals surface area contributed by atoms with Gasteiger partial charge in [0, 0.05) is 10.6 Å². The van der Waals surface area contributed by atoms with Crippen molar-refractivity contribution in [3.05, 3.63) is 22.4 Å². The van der Waals surface area contributed by atoms with Gasteiger partial charge < -0.3 is 5.32 Å². The molecule has 56 valence electrons. The predicted molar refractivity (Wildman–Crippen MR) is 50.0 cm³/mol. The van der Waals surface area contributed by atoms with Crippen molar-refractivity contribution in [2.24, 2.45) is 0 Å². The molecule has 10 heavy (non-hydrogen) atoms. The second kappa shape index (κ2) is 4.01. The van der Waals surface area contributed by atoms with Crippen LogP contribution in [0.2, 0.25) is 0 Å². The minimum absolute atomic E-state index is 0.420. The third-order valence-electron chi connectivity index (χ3n) is 1.42. The lowest BCUT2D eigenvalue weighted by Gasteiger charge is -2.09. The number of thiophene rings is 1. The average molecular weight is 173 g/mol. The largest absolute Gasteiger partial charge is 0.312 e. The van der Waals surface area contributed by atoms with E-state index in [0.717, 1.165) is 5.75 Å². The van der Waals surface area contributed by atoms with Crippen LogP contribution in [0.25, 0.3) is 0 Å². The first-order valence-electron chi connectivity index (χ1n) is 3.20. The molecule has 0 aliphatic carbocycles. The van der Waals surface area contributed by atoms with E-state index in [-0.39, 0.29) is 0 Å². The first-order valence-corrected chi connectivity index (χ1v) is 4.71. The average Bonchev–Trinajstić information content (AvgIpc) is 2.43. The Morgan fingerprint density at radius 3 is 3.00 bits per heavy atom. The summed E-state index contributed by atoms with van der Waals surface area (Å²) >= 11 is 6.00. The summed E-state index contributed by atoms with van der Waals surface area (Å²) in [6.07, 6.45) is 0. The zero-order valence-electron chi connectivity index (χ0n) is 5.87. The summed E-state index contributed by atoms with van der Waals surface area (Å²) in [7, 11) is 1.96. The van der Waals surface area contributed by atoms with Gasteiger partial charge in [0.05, 0.1) is 6.04 Å². The van der Waals surface area contributed by atoms with Gasteiger partial charge >= 0.3 is 0 Å². The van der Waals surface area contributed by atoms with Crippen LogP contribution in [0, 0.1) is 0 Å². The molecule has 0 amide bonds. The molecule has 3 heteroatoms. The normalized spacial score (nSPS) is 13.4. The molecule has 0 spiro atoms. The van der Waals surface area contributed by atoms with Crippen LogP contribution in [0.4, 0.5) is 0 Å². The summed E-state index contributed by atoms with van der Waals surface area (Å²) in [5.74, 6) is 0.858. The van der Waals surface area contributed by atoms with Gasteiger partial charge in [-0.05, 0) is 18.5 Å². The summed E-state index contributed by atoms with van der Waals surface area (Å²) in [5, 5.41) is 5.27. The van der Waals surface area contributed by atoms with Crippen molar-refractivity contribution in [1.29, 1.82) is 0 Å². The number of rotatable bonds is 3. The van der Waals surface area contributed by atoms with Gasteiger partial charge in [0.15, 0.2) is 0 Å². The molecule has 1 unspecified atom stereocenters. The molecule has 0 aliphatic rings. The second-order valence-electron chi connectivity index (χ2n) is 2.04. The summed E-state index contributed by atoms with van der Waals surface area (Å²) in [4.78, 5) is 1.36. The lowest BCUT2D eigenvalue weighted by molar-refractivity contribution is 0.675. The highest BCUT2D eigenvalue weighted by Crippen LogP contribution is 2.18. The van der Waals surface area contributed by atoms with Crippen molar-refractivity contribution in [3.63, 3.8) is 0 Å². The van der Waals surface area contributed by atoms with Crippen LogP contribution in [0.1, 0.15) is 10.9 Å². The smallest absolute Gasteiger partial charge is 0.0501 e. The molecule has 1 aromatic heterocycles. The molecular weight excluding hydrogens is 162 g/mol. The quantitative estimate of drug-likeness (QED) is 0.666. The lowest BCUT2D eigenvalue weighted by Crippen LogP contribution is -2.16. The maximum absolute atomic E-state index is 4.23. The van der Waals surface area contributed by atoms with Crippen molar-refractivity contribution < 1.29 is 0 Å².